The molecule has 2 heterocycles. The van der Waals surface area contributed by atoms with Crippen LogP contribution in [0.25, 0.3) is 5.69 Å². The highest BCUT2D eigenvalue weighted by molar-refractivity contribution is 5.57. The van der Waals surface area contributed by atoms with Gasteiger partial charge in [0, 0.05) is 0 Å². The molecular formula is C22H20N4O2. The van der Waals surface area contributed by atoms with Crippen molar-refractivity contribution in [2.45, 2.75) is 19.8 Å². The number of aryl methyl sites for hydroxylation is 1. The number of aromatic nitrogens is 2. The minimum Gasteiger partial charge on any atom is -0.494 e. The van der Waals surface area contributed by atoms with Crippen molar-refractivity contribution in [3.63, 3.8) is 0 Å². The second kappa shape index (κ2) is 7.12. The van der Waals surface area contributed by atoms with E-state index in [9.17, 15) is 5.26 Å². The third kappa shape index (κ3) is 2.87. The van der Waals surface area contributed by atoms with Crippen LogP contribution in [-0.2, 0) is 0 Å². The number of hydrogen-bond donors (Lipinski definition) is 1. The minimum atomic E-state index is -0.345. The zero-order valence-corrected chi connectivity index (χ0v) is 15.7. The van der Waals surface area contributed by atoms with Crippen LogP contribution in [0.15, 0.2) is 66.1 Å². The average molecular weight is 372 g/mol. The molecule has 0 amide bonds. The monoisotopic (exact) mass is 372 g/mol. The normalized spacial score (nSPS) is 15.5. The summed E-state index contributed by atoms with van der Waals surface area (Å²) in [7, 11) is 0. The van der Waals surface area contributed by atoms with E-state index in [1.165, 1.54) is 0 Å². The van der Waals surface area contributed by atoms with Gasteiger partial charge in [-0.2, -0.15) is 10.4 Å². The van der Waals surface area contributed by atoms with E-state index in [1.54, 1.807) is 4.68 Å². The first-order valence-corrected chi connectivity index (χ1v) is 9.09. The first-order chi connectivity index (χ1) is 13.6. The molecule has 2 N–H and O–H groups in total. The Hall–Kier alpha value is -3.72. The van der Waals surface area contributed by atoms with Crippen LogP contribution in [0.3, 0.4) is 0 Å². The Balaban J connectivity index is 1.88. The van der Waals surface area contributed by atoms with Crippen molar-refractivity contribution < 1.29 is 9.47 Å². The van der Waals surface area contributed by atoms with E-state index in [0.717, 1.165) is 28.3 Å². The van der Waals surface area contributed by atoms with Crippen molar-refractivity contribution in [3.8, 4) is 23.4 Å². The first kappa shape index (κ1) is 17.7. The maximum atomic E-state index is 9.75. The highest BCUT2D eigenvalue weighted by Crippen LogP contribution is 2.44. The van der Waals surface area contributed by atoms with Gasteiger partial charge in [0.25, 0.3) is 0 Å². The Labute approximate surface area is 163 Å². The van der Waals surface area contributed by atoms with E-state index in [1.807, 2.05) is 68.4 Å². The quantitative estimate of drug-likeness (QED) is 0.753. The summed E-state index contributed by atoms with van der Waals surface area (Å²) in [6, 6.07) is 19.6. The van der Waals surface area contributed by atoms with Crippen LogP contribution in [0.1, 0.15) is 29.7 Å². The molecule has 1 aliphatic heterocycles. The van der Waals surface area contributed by atoms with Crippen LogP contribution in [0.2, 0.25) is 0 Å². The smallest absolute Gasteiger partial charge is 0.229 e. The Morgan fingerprint density at radius 1 is 1.18 bits per heavy atom. The van der Waals surface area contributed by atoms with Gasteiger partial charge in [0.2, 0.25) is 11.8 Å². The van der Waals surface area contributed by atoms with E-state index in [-0.39, 0.29) is 11.8 Å². The number of nitrogens with zero attached hydrogens (tertiary/aromatic N) is 3. The molecule has 0 saturated carbocycles. The fourth-order valence-corrected chi connectivity index (χ4v) is 3.51. The van der Waals surface area contributed by atoms with Gasteiger partial charge >= 0.3 is 0 Å². The molecule has 1 aromatic heterocycles. The molecule has 6 nitrogen and oxygen atoms in total. The lowest BCUT2D eigenvalue weighted by Crippen LogP contribution is -2.22. The summed E-state index contributed by atoms with van der Waals surface area (Å²) in [5.74, 6) is 1.08. The molecule has 2 aromatic carbocycles. The lowest BCUT2D eigenvalue weighted by molar-refractivity contribution is 0.340. The Bertz CT molecular complexity index is 1080. The maximum absolute atomic E-state index is 9.75. The van der Waals surface area contributed by atoms with Crippen molar-refractivity contribution in [1.82, 2.24) is 9.78 Å². The number of nitriles is 1. The molecule has 0 bridgehead atoms. The second-order valence-corrected chi connectivity index (χ2v) is 6.48. The minimum absolute atomic E-state index is 0.103. The van der Waals surface area contributed by atoms with Crippen LogP contribution in [0, 0.1) is 18.3 Å². The van der Waals surface area contributed by atoms with Gasteiger partial charge in [0.05, 0.1) is 29.5 Å². The van der Waals surface area contributed by atoms with Crippen molar-refractivity contribution in [2.24, 2.45) is 5.73 Å². The van der Waals surface area contributed by atoms with Crippen LogP contribution in [-0.4, -0.2) is 16.4 Å². The number of ether oxygens (including phenoxy) is 2. The highest BCUT2D eigenvalue weighted by Gasteiger charge is 2.36. The molecule has 0 saturated heterocycles. The molecule has 28 heavy (non-hydrogen) atoms. The zero-order valence-electron chi connectivity index (χ0n) is 15.7. The largest absolute Gasteiger partial charge is 0.494 e. The van der Waals surface area contributed by atoms with Crippen molar-refractivity contribution in [1.29, 1.82) is 5.26 Å². The molecule has 6 heteroatoms. The van der Waals surface area contributed by atoms with Crippen LogP contribution < -0.4 is 15.2 Å². The van der Waals surface area contributed by atoms with Gasteiger partial charge in [-0.25, -0.2) is 4.68 Å². The molecule has 0 spiro atoms. The topological polar surface area (TPSA) is 86.1 Å². The third-order valence-electron chi connectivity index (χ3n) is 4.76. The molecular weight excluding hydrogens is 352 g/mol. The van der Waals surface area contributed by atoms with E-state index >= 15 is 0 Å². The Morgan fingerprint density at radius 2 is 1.89 bits per heavy atom. The molecule has 1 atom stereocenters. The maximum Gasteiger partial charge on any atom is 0.229 e. The van der Waals surface area contributed by atoms with Gasteiger partial charge in [-0.05, 0) is 43.7 Å². The lowest BCUT2D eigenvalue weighted by Gasteiger charge is -2.25. The molecule has 1 aliphatic rings. The van der Waals surface area contributed by atoms with Crippen molar-refractivity contribution >= 4 is 0 Å². The predicted octanol–water partition coefficient (Wildman–Crippen LogP) is 3.80. The molecule has 3 aromatic rings. The van der Waals surface area contributed by atoms with Gasteiger partial charge in [-0.1, -0.05) is 30.3 Å². The number of rotatable bonds is 4. The zero-order chi connectivity index (χ0) is 19.7. The first-order valence-electron chi connectivity index (χ1n) is 9.09. The number of benzene rings is 2. The fraction of sp³-hybridized carbons (Fsp3) is 0.182. The van der Waals surface area contributed by atoms with Gasteiger partial charge in [-0.3, -0.25) is 0 Å². The van der Waals surface area contributed by atoms with E-state index in [2.05, 4.69) is 11.2 Å². The van der Waals surface area contributed by atoms with Gasteiger partial charge < -0.3 is 15.2 Å². The van der Waals surface area contributed by atoms with Crippen LogP contribution >= 0.6 is 0 Å². The second-order valence-electron chi connectivity index (χ2n) is 6.48. The molecule has 0 radical (unpaired) electrons. The summed E-state index contributed by atoms with van der Waals surface area (Å²) in [6.07, 6.45) is 0. The summed E-state index contributed by atoms with van der Waals surface area (Å²) < 4.78 is 13.1. The summed E-state index contributed by atoms with van der Waals surface area (Å²) in [6.45, 7) is 4.46. The molecule has 4 rings (SSSR count). The fourth-order valence-electron chi connectivity index (χ4n) is 3.51. The van der Waals surface area contributed by atoms with Crippen molar-refractivity contribution in [3.05, 3.63) is 82.9 Å². The molecule has 140 valence electrons. The predicted molar refractivity (Wildman–Crippen MR) is 105 cm³/mol. The van der Waals surface area contributed by atoms with Crippen molar-refractivity contribution in [2.75, 3.05) is 6.61 Å². The standard InChI is InChI=1S/C22H20N4O2/c1-3-27-17-11-9-15(10-12-17)20-18(13-23)21(24)28-22-19(20)14(2)25-26(22)16-7-5-4-6-8-16/h4-12,20H,3,24H2,1-2H3/t20-/m1/s1. The van der Waals surface area contributed by atoms with Crippen LogP contribution in [0.4, 0.5) is 0 Å². The highest BCUT2D eigenvalue weighted by atomic mass is 16.5. The summed E-state index contributed by atoms with van der Waals surface area (Å²) in [4.78, 5) is 0. The summed E-state index contributed by atoms with van der Waals surface area (Å²) in [5, 5.41) is 14.4. The van der Waals surface area contributed by atoms with E-state index < -0.39 is 0 Å². The third-order valence-corrected chi connectivity index (χ3v) is 4.76. The van der Waals surface area contributed by atoms with E-state index in [0.29, 0.717) is 18.1 Å². The number of hydrogen-bond acceptors (Lipinski definition) is 5. The SMILES string of the molecule is CCOc1ccc([C@@H]2C(C#N)=C(N)Oc3c2c(C)nn3-c2ccccc2)cc1. The average Bonchev–Trinajstić information content (AvgIpc) is 3.04. The van der Waals surface area contributed by atoms with E-state index in [4.69, 9.17) is 15.2 Å². The number of allylic oxidation sites excluding steroid dienone is 1. The molecule has 0 unspecified atom stereocenters. The molecule has 0 aliphatic carbocycles. The molecule has 0 fully saturated rings. The number of para-hydroxylation sites is 1. The van der Waals surface area contributed by atoms with Gasteiger partial charge in [-0.15, -0.1) is 0 Å². The van der Waals surface area contributed by atoms with Gasteiger partial charge in [0.15, 0.2) is 0 Å². The number of nitrogens with two attached hydrogens (primary N) is 1. The van der Waals surface area contributed by atoms with Gasteiger partial charge in [0.1, 0.15) is 17.4 Å². The Morgan fingerprint density at radius 3 is 2.54 bits per heavy atom. The summed E-state index contributed by atoms with van der Waals surface area (Å²) >= 11 is 0. The Kier molecular flexibility index (Phi) is 4.50. The van der Waals surface area contributed by atoms with Crippen LogP contribution in [0.5, 0.6) is 11.6 Å². The summed E-state index contributed by atoms with van der Waals surface area (Å²) in [5.41, 5.74) is 9.95. The lowest BCUT2D eigenvalue weighted by atomic mass is 9.84. The number of fused-ring (bicyclic) bond motifs is 1.